The van der Waals surface area contributed by atoms with E-state index in [-0.39, 0.29) is 0 Å². The summed E-state index contributed by atoms with van der Waals surface area (Å²) < 4.78 is 0. The van der Waals surface area contributed by atoms with Gasteiger partial charge in [-0.1, -0.05) is 162 Å². The van der Waals surface area contributed by atoms with Crippen molar-refractivity contribution in [2.75, 3.05) is 20.6 Å². The third-order valence-electron chi connectivity index (χ3n) is 7.40. The maximum Gasteiger partial charge on any atom is -0.00247 e. The Labute approximate surface area is 205 Å². The molecule has 1 atom stereocenters. The summed E-state index contributed by atoms with van der Waals surface area (Å²) in [4.78, 5) is 2.36. The standard InChI is InChI=1S/C31H65N/c1-5-7-9-11-13-15-16-17-19-21-23-25-28-31(29-26-30-32(3)4)27-24-22-20-18-14-12-10-8-6-2/h31H,5-30H2,1-4H3. The molecule has 0 bridgehead atoms. The lowest BCUT2D eigenvalue weighted by Crippen LogP contribution is -2.14. The summed E-state index contributed by atoms with van der Waals surface area (Å²) in [7, 11) is 4.45. The van der Waals surface area contributed by atoms with Crippen LogP contribution in [0.1, 0.15) is 174 Å². The van der Waals surface area contributed by atoms with Gasteiger partial charge < -0.3 is 4.90 Å². The Kier molecular flexibility index (Phi) is 27.2. The first-order valence-corrected chi connectivity index (χ1v) is 15.3. The Morgan fingerprint density at radius 2 is 0.656 bits per heavy atom. The van der Waals surface area contributed by atoms with Crippen molar-refractivity contribution in [3.05, 3.63) is 0 Å². The van der Waals surface area contributed by atoms with Crippen LogP contribution in [0.25, 0.3) is 0 Å². The molecule has 0 N–H and O–H groups in total. The van der Waals surface area contributed by atoms with Gasteiger partial charge in [0.1, 0.15) is 0 Å². The molecule has 0 fully saturated rings. The van der Waals surface area contributed by atoms with Crippen LogP contribution >= 0.6 is 0 Å². The lowest BCUT2D eigenvalue weighted by molar-refractivity contribution is 0.332. The predicted octanol–water partition coefficient (Wildman–Crippen LogP) is 11.0. The topological polar surface area (TPSA) is 3.24 Å². The van der Waals surface area contributed by atoms with Crippen LogP contribution < -0.4 is 0 Å². The zero-order valence-electron chi connectivity index (χ0n) is 23.4. The van der Waals surface area contributed by atoms with Crippen molar-refractivity contribution < 1.29 is 0 Å². The van der Waals surface area contributed by atoms with Gasteiger partial charge in [-0.25, -0.2) is 0 Å². The number of unbranched alkanes of at least 4 members (excludes halogenated alkanes) is 19. The van der Waals surface area contributed by atoms with Crippen molar-refractivity contribution in [3.8, 4) is 0 Å². The van der Waals surface area contributed by atoms with Gasteiger partial charge in [0, 0.05) is 0 Å². The zero-order valence-corrected chi connectivity index (χ0v) is 23.4. The van der Waals surface area contributed by atoms with Crippen LogP contribution in [-0.4, -0.2) is 25.5 Å². The fourth-order valence-corrected chi connectivity index (χ4v) is 5.15. The van der Waals surface area contributed by atoms with Crippen LogP contribution in [0.5, 0.6) is 0 Å². The Hall–Kier alpha value is -0.0400. The van der Waals surface area contributed by atoms with Crippen LogP contribution in [0.3, 0.4) is 0 Å². The van der Waals surface area contributed by atoms with E-state index < -0.39 is 0 Å². The minimum Gasteiger partial charge on any atom is -0.309 e. The Morgan fingerprint density at radius 3 is 0.969 bits per heavy atom. The summed E-state index contributed by atoms with van der Waals surface area (Å²) >= 11 is 0. The summed E-state index contributed by atoms with van der Waals surface area (Å²) in [5, 5.41) is 0. The number of nitrogens with zero attached hydrogens (tertiary/aromatic N) is 1. The molecule has 0 saturated carbocycles. The van der Waals surface area contributed by atoms with Crippen LogP contribution in [0.15, 0.2) is 0 Å². The normalized spacial score (nSPS) is 12.7. The molecule has 0 amide bonds. The monoisotopic (exact) mass is 452 g/mol. The molecule has 32 heavy (non-hydrogen) atoms. The second-order valence-electron chi connectivity index (χ2n) is 11.1. The largest absolute Gasteiger partial charge is 0.309 e. The van der Waals surface area contributed by atoms with E-state index in [0.717, 1.165) is 5.92 Å². The first-order chi connectivity index (χ1) is 15.7. The molecule has 0 aromatic heterocycles. The van der Waals surface area contributed by atoms with E-state index in [2.05, 4.69) is 32.8 Å². The van der Waals surface area contributed by atoms with Gasteiger partial charge in [0.2, 0.25) is 0 Å². The van der Waals surface area contributed by atoms with E-state index in [9.17, 15) is 0 Å². The molecule has 194 valence electrons. The maximum atomic E-state index is 2.36. The average molecular weight is 452 g/mol. The van der Waals surface area contributed by atoms with E-state index >= 15 is 0 Å². The van der Waals surface area contributed by atoms with Gasteiger partial charge in [0.25, 0.3) is 0 Å². The van der Waals surface area contributed by atoms with Gasteiger partial charge >= 0.3 is 0 Å². The van der Waals surface area contributed by atoms with Gasteiger partial charge in [-0.3, -0.25) is 0 Å². The van der Waals surface area contributed by atoms with Gasteiger partial charge in [-0.15, -0.1) is 0 Å². The molecule has 0 rings (SSSR count). The molecule has 1 heteroatoms. The summed E-state index contributed by atoms with van der Waals surface area (Å²) in [5.41, 5.74) is 0. The highest BCUT2D eigenvalue weighted by Crippen LogP contribution is 2.23. The first kappa shape index (κ1) is 32.0. The lowest BCUT2D eigenvalue weighted by Gasteiger charge is -2.18. The van der Waals surface area contributed by atoms with Crippen molar-refractivity contribution in [2.45, 2.75) is 174 Å². The van der Waals surface area contributed by atoms with Crippen molar-refractivity contribution in [3.63, 3.8) is 0 Å². The van der Waals surface area contributed by atoms with E-state index in [1.165, 1.54) is 167 Å². The molecule has 0 aromatic carbocycles. The average Bonchev–Trinajstić information content (AvgIpc) is 2.78. The number of rotatable bonds is 27. The van der Waals surface area contributed by atoms with Crippen LogP contribution in [0.2, 0.25) is 0 Å². The predicted molar refractivity (Wildman–Crippen MR) is 149 cm³/mol. The molecule has 1 nitrogen and oxygen atoms in total. The van der Waals surface area contributed by atoms with Gasteiger partial charge in [0.05, 0.1) is 0 Å². The van der Waals surface area contributed by atoms with Crippen molar-refractivity contribution >= 4 is 0 Å². The number of hydrogen-bond donors (Lipinski definition) is 0. The summed E-state index contributed by atoms with van der Waals surface area (Å²) in [6.45, 7) is 5.89. The van der Waals surface area contributed by atoms with Gasteiger partial charge in [-0.2, -0.15) is 0 Å². The molecule has 0 aliphatic carbocycles. The third kappa shape index (κ3) is 26.2. The van der Waals surface area contributed by atoms with Crippen LogP contribution in [0, 0.1) is 5.92 Å². The van der Waals surface area contributed by atoms with Gasteiger partial charge in [0.15, 0.2) is 0 Å². The molecule has 0 aliphatic rings. The summed E-state index contributed by atoms with van der Waals surface area (Å²) in [6, 6.07) is 0. The molecule has 0 saturated heterocycles. The fourth-order valence-electron chi connectivity index (χ4n) is 5.15. The summed E-state index contributed by atoms with van der Waals surface area (Å²) in [5.74, 6) is 1.00. The summed E-state index contributed by atoms with van der Waals surface area (Å²) in [6.07, 6.45) is 36.6. The van der Waals surface area contributed by atoms with Gasteiger partial charge in [-0.05, 0) is 39.4 Å². The van der Waals surface area contributed by atoms with E-state index in [4.69, 9.17) is 0 Å². The second-order valence-corrected chi connectivity index (χ2v) is 11.1. The second kappa shape index (κ2) is 27.2. The molecule has 0 radical (unpaired) electrons. The highest BCUT2D eigenvalue weighted by molar-refractivity contribution is 4.63. The molecular formula is C31H65N. The van der Waals surface area contributed by atoms with Crippen LogP contribution in [0.4, 0.5) is 0 Å². The zero-order chi connectivity index (χ0) is 23.5. The number of hydrogen-bond acceptors (Lipinski definition) is 1. The van der Waals surface area contributed by atoms with E-state index in [1.807, 2.05) is 0 Å². The van der Waals surface area contributed by atoms with E-state index in [0.29, 0.717) is 0 Å². The molecule has 1 unspecified atom stereocenters. The third-order valence-corrected chi connectivity index (χ3v) is 7.40. The van der Waals surface area contributed by atoms with E-state index in [1.54, 1.807) is 0 Å². The first-order valence-electron chi connectivity index (χ1n) is 15.3. The minimum atomic E-state index is 1.00. The SMILES string of the molecule is CCCCCCCCCCCCCCC(CCCCCCCCCCC)CCCN(C)C. The highest BCUT2D eigenvalue weighted by Gasteiger charge is 2.09. The van der Waals surface area contributed by atoms with Crippen molar-refractivity contribution in [1.82, 2.24) is 4.90 Å². The molecular weight excluding hydrogens is 386 g/mol. The lowest BCUT2D eigenvalue weighted by atomic mass is 9.90. The Balaban J connectivity index is 3.68. The highest BCUT2D eigenvalue weighted by atomic mass is 15.0. The molecule has 0 aliphatic heterocycles. The van der Waals surface area contributed by atoms with Crippen molar-refractivity contribution in [1.29, 1.82) is 0 Å². The molecule has 0 aromatic rings. The minimum absolute atomic E-state index is 1.00. The smallest absolute Gasteiger partial charge is 0.00247 e. The maximum absolute atomic E-state index is 2.36. The molecule has 0 heterocycles. The van der Waals surface area contributed by atoms with Crippen molar-refractivity contribution in [2.24, 2.45) is 5.92 Å². The quantitative estimate of drug-likeness (QED) is 0.112. The molecule has 0 spiro atoms. The fraction of sp³-hybridized carbons (Fsp3) is 1.00. The Bertz CT molecular complexity index is 324. The Morgan fingerprint density at radius 1 is 0.375 bits per heavy atom. The van der Waals surface area contributed by atoms with Crippen LogP contribution in [-0.2, 0) is 0 Å².